The minimum absolute atomic E-state index is 0.191. The SMILES string of the molecule is CC1(CN)CCN(c2cnc(C(=N)N3CCCc4nc(N)ccc43)c(N)n2)CC1. The first kappa shape index (κ1) is 19.4. The van der Waals surface area contributed by atoms with Gasteiger partial charge < -0.3 is 27.0 Å². The second-order valence-corrected chi connectivity index (χ2v) is 8.27. The molecule has 154 valence electrons. The number of nitrogens with zero attached hydrogens (tertiary/aromatic N) is 5. The molecular formula is C20H29N9. The van der Waals surface area contributed by atoms with Crippen LogP contribution in [0.1, 0.15) is 37.6 Å². The summed E-state index contributed by atoms with van der Waals surface area (Å²) >= 11 is 0. The Hall–Kier alpha value is -2.94. The number of aryl methyl sites for hydroxylation is 1. The van der Waals surface area contributed by atoms with E-state index in [-0.39, 0.29) is 17.1 Å². The number of fused-ring (bicyclic) bond motifs is 1. The first-order valence-corrected chi connectivity index (χ1v) is 10.1. The Morgan fingerprint density at radius 3 is 2.62 bits per heavy atom. The molecular weight excluding hydrogens is 366 g/mol. The van der Waals surface area contributed by atoms with Crippen LogP contribution in [0.25, 0.3) is 0 Å². The number of amidine groups is 1. The van der Waals surface area contributed by atoms with E-state index in [2.05, 4.69) is 26.8 Å². The number of hydrogen-bond acceptors (Lipinski definition) is 8. The molecule has 0 amide bonds. The molecule has 0 aromatic carbocycles. The number of piperidine rings is 1. The Morgan fingerprint density at radius 1 is 1.17 bits per heavy atom. The van der Waals surface area contributed by atoms with Crippen LogP contribution < -0.4 is 27.0 Å². The molecule has 4 rings (SSSR count). The molecule has 0 spiro atoms. The molecule has 1 fully saturated rings. The highest BCUT2D eigenvalue weighted by atomic mass is 15.2. The molecule has 7 N–H and O–H groups in total. The molecule has 9 nitrogen and oxygen atoms in total. The maximum atomic E-state index is 8.70. The number of nitrogen functional groups attached to an aromatic ring is 2. The summed E-state index contributed by atoms with van der Waals surface area (Å²) < 4.78 is 0. The molecule has 4 heterocycles. The third-order valence-corrected chi connectivity index (χ3v) is 6.13. The van der Waals surface area contributed by atoms with Gasteiger partial charge >= 0.3 is 0 Å². The van der Waals surface area contributed by atoms with Gasteiger partial charge in [-0.1, -0.05) is 6.92 Å². The monoisotopic (exact) mass is 395 g/mol. The molecule has 0 radical (unpaired) electrons. The van der Waals surface area contributed by atoms with E-state index in [4.69, 9.17) is 22.6 Å². The van der Waals surface area contributed by atoms with E-state index < -0.39 is 0 Å². The summed E-state index contributed by atoms with van der Waals surface area (Å²) in [5, 5.41) is 8.70. The quantitative estimate of drug-likeness (QED) is 0.450. The first-order chi connectivity index (χ1) is 13.9. The van der Waals surface area contributed by atoms with Crippen molar-refractivity contribution in [1.29, 1.82) is 5.41 Å². The Morgan fingerprint density at radius 2 is 1.93 bits per heavy atom. The summed E-state index contributed by atoms with van der Waals surface area (Å²) in [4.78, 5) is 17.6. The number of nitrogens with one attached hydrogen (secondary N) is 1. The van der Waals surface area contributed by atoms with Crippen molar-refractivity contribution in [3.8, 4) is 0 Å². The standard InChI is InChI=1S/C20H29N9/c1-20(12-21)6-9-28(10-7-20)16-11-25-17(18(23)27-16)19(24)29-8-2-3-13-14(29)4-5-15(22)26-13/h4-5,11,24H,2-3,6-10,12,21H2,1H3,(H2,22,26)(H2,23,27). The second-order valence-electron chi connectivity index (χ2n) is 8.27. The van der Waals surface area contributed by atoms with Crippen LogP contribution in [0.4, 0.5) is 23.1 Å². The van der Waals surface area contributed by atoms with Crippen molar-refractivity contribution >= 4 is 29.0 Å². The van der Waals surface area contributed by atoms with Crippen LogP contribution >= 0.6 is 0 Å². The summed E-state index contributed by atoms with van der Waals surface area (Å²) in [5.74, 6) is 1.76. The average molecular weight is 396 g/mol. The number of aromatic nitrogens is 3. The van der Waals surface area contributed by atoms with Gasteiger partial charge in [0.1, 0.15) is 17.3 Å². The topological polar surface area (TPSA) is 147 Å². The fourth-order valence-corrected chi connectivity index (χ4v) is 4.03. The van der Waals surface area contributed by atoms with Gasteiger partial charge in [0.05, 0.1) is 17.6 Å². The molecule has 0 bridgehead atoms. The summed E-state index contributed by atoms with van der Waals surface area (Å²) in [6.07, 6.45) is 5.50. The lowest BCUT2D eigenvalue weighted by Gasteiger charge is -2.39. The Kier molecular flexibility index (Phi) is 4.99. The van der Waals surface area contributed by atoms with E-state index in [0.717, 1.165) is 56.0 Å². The minimum atomic E-state index is 0.191. The summed E-state index contributed by atoms with van der Waals surface area (Å²) in [6, 6.07) is 3.67. The Labute approximate surface area is 170 Å². The van der Waals surface area contributed by atoms with Crippen LogP contribution in [-0.4, -0.2) is 47.0 Å². The Balaban J connectivity index is 1.54. The van der Waals surface area contributed by atoms with Crippen molar-refractivity contribution in [1.82, 2.24) is 15.0 Å². The highest BCUT2D eigenvalue weighted by Gasteiger charge is 2.30. The molecule has 0 saturated carbocycles. The van der Waals surface area contributed by atoms with Crippen molar-refractivity contribution in [2.45, 2.75) is 32.6 Å². The molecule has 2 aromatic heterocycles. The predicted molar refractivity (Wildman–Crippen MR) is 116 cm³/mol. The molecule has 0 atom stereocenters. The first-order valence-electron chi connectivity index (χ1n) is 10.1. The smallest absolute Gasteiger partial charge is 0.155 e. The predicted octanol–water partition coefficient (Wildman–Crippen LogP) is 1.38. The van der Waals surface area contributed by atoms with Crippen LogP contribution in [0, 0.1) is 10.8 Å². The summed E-state index contributed by atoms with van der Waals surface area (Å²) in [5.41, 5.74) is 20.3. The molecule has 1 saturated heterocycles. The molecule has 2 aliphatic heterocycles. The van der Waals surface area contributed by atoms with Gasteiger partial charge in [-0.05, 0) is 49.8 Å². The lowest BCUT2D eigenvalue weighted by Crippen LogP contribution is -2.42. The molecule has 0 aliphatic carbocycles. The number of nitrogens with two attached hydrogens (primary N) is 3. The van der Waals surface area contributed by atoms with Crippen molar-refractivity contribution in [3.05, 3.63) is 29.7 Å². The van der Waals surface area contributed by atoms with E-state index in [1.807, 2.05) is 11.0 Å². The molecule has 2 aliphatic rings. The number of anilines is 4. The van der Waals surface area contributed by atoms with Crippen molar-refractivity contribution < 1.29 is 0 Å². The van der Waals surface area contributed by atoms with E-state index in [9.17, 15) is 0 Å². The van der Waals surface area contributed by atoms with Crippen LogP contribution in [0.2, 0.25) is 0 Å². The summed E-state index contributed by atoms with van der Waals surface area (Å²) in [7, 11) is 0. The van der Waals surface area contributed by atoms with Crippen molar-refractivity contribution in [2.75, 3.05) is 47.4 Å². The van der Waals surface area contributed by atoms with E-state index >= 15 is 0 Å². The molecule has 0 unspecified atom stereocenters. The zero-order valence-electron chi connectivity index (χ0n) is 16.9. The van der Waals surface area contributed by atoms with Gasteiger partial charge in [0.2, 0.25) is 0 Å². The van der Waals surface area contributed by atoms with Gasteiger partial charge in [0.15, 0.2) is 11.7 Å². The van der Waals surface area contributed by atoms with Gasteiger partial charge in [-0.15, -0.1) is 0 Å². The lowest BCUT2D eigenvalue weighted by atomic mass is 9.80. The van der Waals surface area contributed by atoms with Gasteiger partial charge in [-0.2, -0.15) is 0 Å². The van der Waals surface area contributed by atoms with Gasteiger partial charge in [0, 0.05) is 19.6 Å². The van der Waals surface area contributed by atoms with Crippen molar-refractivity contribution in [3.63, 3.8) is 0 Å². The Bertz CT molecular complexity index is 918. The molecule has 29 heavy (non-hydrogen) atoms. The van der Waals surface area contributed by atoms with Gasteiger partial charge in [-0.25, -0.2) is 15.0 Å². The number of pyridine rings is 1. The van der Waals surface area contributed by atoms with Crippen LogP contribution in [0.15, 0.2) is 18.3 Å². The van der Waals surface area contributed by atoms with Crippen LogP contribution in [0.5, 0.6) is 0 Å². The maximum Gasteiger partial charge on any atom is 0.155 e. The fourth-order valence-electron chi connectivity index (χ4n) is 4.03. The molecule has 9 heteroatoms. The third kappa shape index (κ3) is 3.69. The van der Waals surface area contributed by atoms with Crippen LogP contribution in [-0.2, 0) is 6.42 Å². The zero-order chi connectivity index (χ0) is 20.6. The molecule has 2 aromatic rings. The third-order valence-electron chi connectivity index (χ3n) is 6.13. The maximum absolute atomic E-state index is 8.70. The van der Waals surface area contributed by atoms with Gasteiger partial charge in [0.25, 0.3) is 0 Å². The fraction of sp³-hybridized carbons (Fsp3) is 0.500. The van der Waals surface area contributed by atoms with E-state index in [0.29, 0.717) is 24.6 Å². The second kappa shape index (κ2) is 7.47. The van der Waals surface area contributed by atoms with E-state index in [1.54, 1.807) is 12.3 Å². The normalized spacial score (nSPS) is 18.4. The van der Waals surface area contributed by atoms with Crippen molar-refractivity contribution in [2.24, 2.45) is 11.1 Å². The largest absolute Gasteiger partial charge is 0.384 e. The summed E-state index contributed by atoms with van der Waals surface area (Å²) in [6.45, 7) is 5.40. The average Bonchev–Trinajstić information content (AvgIpc) is 2.73. The number of rotatable bonds is 3. The van der Waals surface area contributed by atoms with Crippen LogP contribution in [0.3, 0.4) is 0 Å². The van der Waals surface area contributed by atoms with Gasteiger partial charge in [-0.3, -0.25) is 5.41 Å². The zero-order valence-corrected chi connectivity index (χ0v) is 16.9. The highest BCUT2D eigenvalue weighted by Crippen LogP contribution is 2.32. The number of hydrogen-bond donors (Lipinski definition) is 4. The highest BCUT2D eigenvalue weighted by molar-refractivity contribution is 6.09. The van der Waals surface area contributed by atoms with E-state index in [1.165, 1.54) is 0 Å². The lowest BCUT2D eigenvalue weighted by molar-refractivity contribution is 0.258. The minimum Gasteiger partial charge on any atom is -0.384 e.